The molecule has 1 aromatic rings. The molecule has 1 aromatic carbocycles. The largest absolute Gasteiger partial charge is 0.478 e. The first-order valence-corrected chi connectivity index (χ1v) is 6.96. The van der Waals surface area contributed by atoms with Crippen LogP contribution in [0.15, 0.2) is 22.7 Å². The van der Waals surface area contributed by atoms with Crippen molar-refractivity contribution in [3.8, 4) is 0 Å². The van der Waals surface area contributed by atoms with Crippen molar-refractivity contribution in [2.24, 2.45) is 0 Å². The molecule has 18 heavy (non-hydrogen) atoms. The Hall–Kier alpha value is -0.870. The van der Waals surface area contributed by atoms with Gasteiger partial charge < -0.3 is 5.11 Å². The van der Waals surface area contributed by atoms with Crippen LogP contribution in [0.4, 0.5) is 0 Å². The molecule has 1 heterocycles. The lowest BCUT2D eigenvalue weighted by Crippen LogP contribution is -2.37. The summed E-state index contributed by atoms with van der Waals surface area (Å²) >= 11 is 3.47. The number of nitrogens with zero attached hydrogens (tertiary/aromatic N) is 1. The van der Waals surface area contributed by atoms with E-state index in [1.54, 1.807) is 12.1 Å². The van der Waals surface area contributed by atoms with Gasteiger partial charge in [0.15, 0.2) is 0 Å². The second-order valence-corrected chi connectivity index (χ2v) is 6.30. The minimum Gasteiger partial charge on any atom is -0.478 e. The number of likely N-dealkylation sites (tertiary alicyclic amines) is 1. The predicted molar refractivity (Wildman–Crippen MR) is 74.8 cm³/mol. The number of halogens is 1. The third kappa shape index (κ3) is 2.75. The first-order valence-electron chi connectivity index (χ1n) is 6.17. The van der Waals surface area contributed by atoms with Gasteiger partial charge in [-0.3, -0.25) is 4.90 Å². The van der Waals surface area contributed by atoms with E-state index in [0.29, 0.717) is 5.56 Å². The number of rotatable bonds is 3. The van der Waals surface area contributed by atoms with Gasteiger partial charge in [-0.15, -0.1) is 0 Å². The smallest absolute Gasteiger partial charge is 0.335 e. The van der Waals surface area contributed by atoms with Gasteiger partial charge in [0, 0.05) is 16.6 Å². The molecule has 3 nitrogen and oxygen atoms in total. The van der Waals surface area contributed by atoms with E-state index in [0.717, 1.165) is 23.1 Å². The maximum atomic E-state index is 10.9. The zero-order valence-corrected chi connectivity index (χ0v) is 12.3. The molecule has 2 rings (SSSR count). The number of carboxylic acids is 1. The molecule has 1 N–H and O–H groups in total. The second kappa shape index (κ2) is 5.02. The molecule has 0 aliphatic carbocycles. The molecular formula is C14H18BrNO2. The SMILES string of the molecule is CC1(C)CCCN1Cc1ccc(C(=O)O)cc1Br. The monoisotopic (exact) mass is 311 g/mol. The van der Waals surface area contributed by atoms with Gasteiger partial charge in [0.1, 0.15) is 0 Å². The maximum Gasteiger partial charge on any atom is 0.335 e. The van der Waals surface area contributed by atoms with E-state index in [4.69, 9.17) is 5.11 Å². The van der Waals surface area contributed by atoms with Crippen molar-refractivity contribution in [3.63, 3.8) is 0 Å². The van der Waals surface area contributed by atoms with Gasteiger partial charge in [-0.05, 0) is 50.9 Å². The Kier molecular flexibility index (Phi) is 3.78. The summed E-state index contributed by atoms with van der Waals surface area (Å²) in [6.07, 6.45) is 2.45. The minimum absolute atomic E-state index is 0.241. The lowest BCUT2D eigenvalue weighted by atomic mass is 10.0. The van der Waals surface area contributed by atoms with Crippen molar-refractivity contribution < 1.29 is 9.90 Å². The molecule has 4 heteroatoms. The van der Waals surface area contributed by atoms with Gasteiger partial charge in [-0.2, -0.15) is 0 Å². The Morgan fingerprint density at radius 1 is 1.50 bits per heavy atom. The van der Waals surface area contributed by atoms with Crippen molar-refractivity contribution in [1.29, 1.82) is 0 Å². The summed E-state index contributed by atoms with van der Waals surface area (Å²) in [5, 5.41) is 8.94. The zero-order valence-electron chi connectivity index (χ0n) is 10.7. The third-order valence-electron chi connectivity index (χ3n) is 3.73. The van der Waals surface area contributed by atoms with Crippen molar-refractivity contribution >= 4 is 21.9 Å². The Bertz CT molecular complexity index is 471. The number of benzene rings is 1. The highest BCUT2D eigenvalue weighted by Gasteiger charge is 2.31. The van der Waals surface area contributed by atoms with E-state index < -0.39 is 5.97 Å². The van der Waals surface area contributed by atoms with Crippen LogP contribution < -0.4 is 0 Å². The topological polar surface area (TPSA) is 40.5 Å². The lowest BCUT2D eigenvalue weighted by molar-refractivity contribution is 0.0696. The molecule has 0 saturated carbocycles. The zero-order chi connectivity index (χ0) is 13.3. The molecule has 0 amide bonds. The van der Waals surface area contributed by atoms with E-state index in [-0.39, 0.29) is 5.54 Å². The molecular weight excluding hydrogens is 294 g/mol. The van der Waals surface area contributed by atoms with Crippen LogP contribution in [0.1, 0.15) is 42.6 Å². The number of hydrogen-bond acceptors (Lipinski definition) is 2. The summed E-state index contributed by atoms with van der Waals surface area (Å²) in [6.45, 7) is 6.51. The Morgan fingerprint density at radius 2 is 2.22 bits per heavy atom. The third-order valence-corrected chi connectivity index (χ3v) is 4.47. The minimum atomic E-state index is -0.885. The summed E-state index contributed by atoms with van der Waals surface area (Å²) in [6, 6.07) is 5.26. The van der Waals surface area contributed by atoms with E-state index in [1.165, 1.54) is 12.8 Å². The Morgan fingerprint density at radius 3 is 2.72 bits per heavy atom. The van der Waals surface area contributed by atoms with Crippen LogP contribution in [0, 0.1) is 0 Å². The maximum absolute atomic E-state index is 10.9. The van der Waals surface area contributed by atoms with Crippen LogP contribution in [-0.4, -0.2) is 28.1 Å². The summed E-state index contributed by atoms with van der Waals surface area (Å²) in [5.74, 6) is -0.885. The molecule has 0 unspecified atom stereocenters. The summed E-state index contributed by atoms with van der Waals surface area (Å²) in [7, 11) is 0. The van der Waals surface area contributed by atoms with Gasteiger partial charge in [-0.1, -0.05) is 22.0 Å². The lowest BCUT2D eigenvalue weighted by Gasteiger charge is -2.31. The molecule has 98 valence electrons. The van der Waals surface area contributed by atoms with Crippen molar-refractivity contribution in [2.75, 3.05) is 6.54 Å². The van der Waals surface area contributed by atoms with Crippen LogP contribution in [0.5, 0.6) is 0 Å². The van der Waals surface area contributed by atoms with Crippen LogP contribution in [0.3, 0.4) is 0 Å². The van der Waals surface area contributed by atoms with Gasteiger partial charge >= 0.3 is 5.97 Å². The highest BCUT2D eigenvalue weighted by Crippen LogP contribution is 2.31. The van der Waals surface area contributed by atoms with Gasteiger partial charge in [0.2, 0.25) is 0 Å². The van der Waals surface area contributed by atoms with Gasteiger partial charge in [-0.25, -0.2) is 4.79 Å². The van der Waals surface area contributed by atoms with E-state index in [1.807, 2.05) is 6.07 Å². The van der Waals surface area contributed by atoms with Gasteiger partial charge in [0.05, 0.1) is 5.56 Å². The summed E-state index contributed by atoms with van der Waals surface area (Å²) < 4.78 is 0.880. The molecule has 0 radical (unpaired) electrons. The normalized spacial score (nSPS) is 19.1. The fourth-order valence-electron chi connectivity index (χ4n) is 2.47. The second-order valence-electron chi connectivity index (χ2n) is 5.45. The average molecular weight is 312 g/mol. The number of aromatic carboxylic acids is 1. The summed E-state index contributed by atoms with van der Waals surface area (Å²) in [4.78, 5) is 13.3. The van der Waals surface area contributed by atoms with Crippen LogP contribution in [0.25, 0.3) is 0 Å². The van der Waals surface area contributed by atoms with Crippen LogP contribution in [0.2, 0.25) is 0 Å². The van der Waals surface area contributed by atoms with E-state index >= 15 is 0 Å². The highest BCUT2D eigenvalue weighted by molar-refractivity contribution is 9.10. The standard InChI is InChI=1S/C14H18BrNO2/c1-14(2)6-3-7-16(14)9-11-5-4-10(13(17)18)8-12(11)15/h4-5,8H,3,6-7,9H2,1-2H3,(H,17,18). The molecule has 0 atom stereocenters. The van der Waals surface area contributed by atoms with Crippen molar-refractivity contribution in [2.45, 2.75) is 38.8 Å². The summed E-state index contributed by atoms with van der Waals surface area (Å²) in [5.41, 5.74) is 1.71. The van der Waals surface area contributed by atoms with Crippen molar-refractivity contribution in [3.05, 3.63) is 33.8 Å². The number of hydrogen-bond donors (Lipinski definition) is 1. The molecule has 0 aromatic heterocycles. The first kappa shape index (κ1) is 13.6. The van der Waals surface area contributed by atoms with E-state index in [9.17, 15) is 4.79 Å². The first-order chi connectivity index (χ1) is 8.40. The van der Waals surface area contributed by atoms with Crippen LogP contribution in [-0.2, 0) is 6.54 Å². The van der Waals surface area contributed by atoms with E-state index in [2.05, 4.69) is 34.7 Å². The molecule has 1 saturated heterocycles. The average Bonchev–Trinajstić information content (AvgIpc) is 2.61. The number of carbonyl (C=O) groups is 1. The van der Waals surface area contributed by atoms with Gasteiger partial charge in [0.25, 0.3) is 0 Å². The quantitative estimate of drug-likeness (QED) is 0.928. The van der Waals surface area contributed by atoms with Crippen molar-refractivity contribution in [1.82, 2.24) is 4.90 Å². The fraction of sp³-hybridized carbons (Fsp3) is 0.500. The molecule has 1 aliphatic heterocycles. The molecule has 0 spiro atoms. The predicted octanol–water partition coefficient (Wildman–Crippen LogP) is 3.52. The Labute approximate surface area is 116 Å². The molecule has 1 fully saturated rings. The highest BCUT2D eigenvalue weighted by atomic mass is 79.9. The van der Waals surface area contributed by atoms with Crippen LogP contribution >= 0.6 is 15.9 Å². The molecule has 0 bridgehead atoms. The molecule has 1 aliphatic rings. The Balaban J connectivity index is 2.17. The fourth-order valence-corrected chi connectivity index (χ4v) is 2.97. The number of carboxylic acid groups (broad SMARTS) is 1.